The van der Waals surface area contributed by atoms with Crippen molar-refractivity contribution in [3.05, 3.63) is 0 Å². The molecule has 0 aliphatic rings. The largest absolute Gasteiger partial charge is 0.394 e. The number of nitrogens with one attached hydrogen (secondary N) is 1. The molecule has 0 aliphatic carbocycles. The fourth-order valence-corrected chi connectivity index (χ4v) is 2.39. The maximum atomic E-state index is 11.8. The molecule has 138 valence electrons. The summed E-state index contributed by atoms with van der Waals surface area (Å²) in [6.45, 7) is 3.85. The molecule has 0 fully saturated rings. The lowest BCUT2D eigenvalue weighted by Gasteiger charge is -2.19. The Balaban J connectivity index is 3.53. The first-order valence-corrected chi connectivity index (χ1v) is 9.33. The van der Waals surface area contributed by atoms with Crippen molar-refractivity contribution in [3.8, 4) is 0 Å². The van der Waals surface area contributed by atoms with Crippen LogP contribution in [0.1, 0.15) is 84.5 Å². The number of aliphatic hydroxyl groups is 2. The lowest BCUT2D eigenvalue weighted by Crippen LogP contribution is -2.38. The molecule has 3 N–H and O–H groups in total. The predicted molar refractivity (Wildman–Crippen MR) is 93.1 cm³/mol. The Bertz CT molecular complexity index is 274. The minimum absolute atomic E-state index is 0.00159. The highest BCUT2D eigenvalue weighted by molar-refractivity contribution is 5.75. The number of unbranched alkanes of at least 4 members (excludes halogenated alkanes) is 8. The highest BCUT2D eigenvalue weighted by Gasteiger charge is 2.12. The standard InChI is InChI=1S/C18H37NO4/c1-3-5-6-7-8-9-10-11-12-13-17(22)19-18(4-2)23-15-16(21)14-20/h16,18,20-21H,3-15H2,1-2H3,(H,19,22). The van der Waals surface area contributed by atoms with Gasteiger partial charge >= 0.3 is 0 Å². The number of hydrogen-bond acceptors (Lipinski definition) is 4. The van der Waals surface area contributed by atoms with E-state index in [2.05, 4.69) is 12.2 Å². The van der Waals surface area contributed by atoms with Gasteiger partial charge in [-0.05, 0) is 12.8 Å². The van der Waals surface area contributed by atoms with Gasteiger partial charge in [-0.3, -0.25) is 4.79 Å². The normalized spacial score (nSPS) is 13.7. The van der Waals surface area contributed by atoms with Crippen molar-refractivity contribution in [1.82, 2.24) is 5.32 Å². The van der Waals surface area contributed by atoms with Gasteiger partial charge in [-0.15, -0.1) is 0 Å². The topological polar surface area (TPSA) is 78.8 Å². The van der Waals surface area contributed by atoms with Crippen LogP contribution in [0.5, 0.6) is 0 Å². The van der Waals surface area contributed by atoms with Crippen LogP contribution in [0.2, 0.25) is 0 Å². The van der Waals surface area contributed by atoms with E-state index in [4.69, 9.17) is 9.84 Å². The maximum absolute atomic E-state index is 11.8. The Labute approximate surface area is 141 Å². The third kappa shape index (κ3) is 14.7. The molecule has 1 amide bonds. The van der Waals surface area contributed by atoms with Gasteiger partial charge in [0.1, 0.15) is 12.3 Å². The average Bonchev–Trinajstić information content (AvgIpc) is 2.56. The Morgan fingerprint density at radius 3 is 2.09 bits per heavy atom. The zero-order chi connectivity index (χ0) is 17.3. The molecule has 0 aromatic rings. The second-order valence-electron chi connectivity index (χ2n) is 6.21. The van der Waals surface area contributed by atoms with E-state index in [1.807, 2.05) is 6.92 Å². The van der Waals surface area contributed by atoms with Crippen LogP contribution in [0.3, 0.4) is 0 Å². The average molecular weight is 331 g/mol. The van der Waals surface area contributed by atoms with E-state index >= 15 is 0 Å². The molecule has 0 saturated heterocycles. The first-order chi connectivity index (χ1) is 11.1. The van der Waals surface area contributed by atoms with Crippen molar-refractivity contribution in [2.24, 2.45) is 0 Å². The number of carbonyl (C=O) groups is 1. The molecule has 0 aromatic carbocycles. The number of ether oxygens (including phenoxy) is 1. The van der Waals surface area contributed by atoms with Crippen LogP contribution in [0, 0.1) is 0 Å². The number of carbonyl (C=O) groups excluding carboxylic acids is 1. The van der Waals surface area contributed by atoms with Crippen LogP contribution < -0.4 is 5.32 Å². The van der Waals surface area contributed by atoms with Crippen LogP contribution in [-0.2, 0) is 9.53 Å². The molecule has 23 heavy (non-hydrogen) atoms. The van der Waals surface area contributed by atoms with E-state index < -0.39 is 6.10 Å². The first kappa shape index (κ1) is 22.4. The molecule has 0 bridgehead atoms. The Kier molecular flexibility index (Phi) is 15.8. The third-order valence-electron chi connectivity index (χ3n) is 3.90. The summed E-state index contributed by atoms with van der Waals surface area (Å²) in [5.41, 5.74) is 0. The Morgan fingerprint density at radius 1 is 1.00 bits per heavy atom. The summed E-state index contributed by atoms with van der Waals surface area (Å²) in [7, 11) is 0. The molecule has 0 aliphatic heterocycles. The van der Waals surface area contributed by atoms with E-state index in [9.17, 15) is 9.90 Å². The maximum Gasteiger partial charge on any atom is 0.221 e. The quantitative estimate of drug-likeness (QED) is 0.300. The predicted octanol–water partition coefficient (Wildman–Crippen LogP) is 3.13. The van der Waals surface area contributed by atoms with Gasteiger partial charge < -0.3 is 20.3 Å². The summed E-state index contributed by atoms with van der Waals surface area (Å²) in [5.74, 6) is -0.00159. The molecule has 0 radical (unpaired) electrons. The highest BCUT2D eigenvalue weighted by Crippen LogP contribution is 2.10. The number of amides is 1. The fourth-order valence-electron chi connectivity index (χ4n) is 2.39. The van der Waals surface area contributed by atoms with Crippen molar-refractivity contribution in [2.75, 3.05) is 13.2 Å². The van der Waals surface area contributed by atoms with Gasteiger partial charge in [0.05, 0.1) is 13.2 Å². The van der Waals surface area contributed by atoms with Gasteiger partial charge in [-0.25, -0.2) is 0 Å². The zero-order valence-electron chi connectivity index (χ0n) is 15.1. The van der Waals surface area contributed by atoms with Crippen molar-refractivity contribution >= 4 is 5.91 Å². The van der Waals surface area contributed by atoms with Crippen molar-refractivity contribution in [1.29, 1.82) is 0 Å². The van der Waals surface area contributed by atoms with E-state index in [1.54, 1.807) is 0 Å². The molecule has 0 saturated carbocycles. The molecule has 0 aromatic heterocycles. The zero-order valence-corrected chi connectivity index (χ0v) is 15.1. The molecule has 0 heterocycles. The summed E-state index contributed by atoms with van der Waals surface area (Å²) >= 11 is 0. The molecular weight excluding hydrogens is 294 g/mol. The molecule has 5 heteroatoms. The third-order valence-corrected chi connectivity index (χ3v) is 3.90. The van der Waals surface area contributed by atoms with Gasteiger partial charge in [0.25, 0.3) is 0 Å². The van der Waals surface area contributed by atoms with Gasteiger partial charge in [0.2, 0.25) is 5.91 Å². The van der Waals surface area contributed by atoms with Crippen LogP contribution in [-0.4, -0.2) is 41.7 Å². The van der Waals surface area contributed by atoms with Gasteiger partial charge in [-0.2, -0.15) is 0 Å². The molecule has 2 unspecified atom stereocenters. The van der Waals surface area contributed by atoms with Crippen molar-refractivity contribution in [2.45, 2.75) is 96.8 Å². The molecule has 0 rings (SSSR count). The summed E-state index contributed by atoms with van der Waals surface area (Å²) in [6.07, 6.45) is 11.0. The SMILES string of the molecule is CCCCCCCCCCCC(=O)NC(CC)OCC(O)CO. The molecule has 5 nitrogen and oxygen atoms in total. The minimum atomic E-state index is -0.890. The number of rotatable bonds is 16. The van der Waals surface area contributed by atoms with E-state index in [0.717, 1.165) is 12.8 Å². The smallest absolute Gasteiger partial charge is 0.221 e. The van der Waals surface area contributed by atoms with E-state index in [1.165, 1.54) is 44.9 Å². The Hall–Kier alpha value is -0.650. The van der Waals surface area contributed by atoms with Crippen LogP contribution >= 0.6 is 0 Å². The molecule has 2 atom stereocenters. The highest BCUT2D eigenvalue weighted by atomic mass is 16.5. The fraction of sp³-hybridized carbons (Fsp3) is 0.944. The monoisotopic (exact) mass is 331 g/mol. The second-order valence-corrected chi connectivity index (χ2v) is 6.21. The lowest BCUT2D eigenvalue weighted by molar-refractivity contribution is -0.127. The summed E-state index contributed by atoms with van der Waals surface area (Å²) in [4.78, 5) is 11.8. The van der Waals surface area contributed by atoms with Crippen LogP contribution in [0.25, 0.3) is 0 Å². The number of aliphatic hydroxyl groups excluding tert-OH is 2. The van der Waals surface area contributed by atoms with Gasteiger partial charge in [-0.1, -0.05) is 65.2 Å². The number of hydrogen-bond donors (Lipinski definition) is 3. The first-order valence-electron chi connectivity index (χ1n) is 9.33. The minimum Gasteiger partial charge on any atom is -0.394 e. The van der Waals surface area contributed by atoms with Crippen molar-refractivity contribution < 1.29 is 19.7 Å². The lowest BCUT2D eigenvalue weighted by atomic mass is 10.1. The van der Waals surface area contributed by atoms with Gasteiger partial charge in [0, 0.05) is 6.42 Å². The van der Waals surface area contributed by atoms with Crippen LogP contribution in [0.15, 0.2) is 0 Å². The van der Waals surface area contributed by atoms with E-state index in [-0.39, 0.29) is 25.3 Å². The molecule has 0 spiro atoms. The van der Waals surface area contributed by atoms with E-state index in [0.29, 0.717) is 12.8 Å². The summed E-state index contributed by atoms with van der Waals surface area (Å²) in [5, 5.41) is 20.8. The summed E-state index contributed by atoms with van der Waals surface area (Å²) in [6, 6.07) is 0. The molecular formula is C18H37NO4. The second kappa shape index (κ2) is 16.2. The van der Waals surface area contributed by atoms with Crippen LogP contribution in [0.4, 0.5) is 0 Å². The van der Waals surface area contributed by atoms with Crippen molar-refractivity contribution in [3.63, 3.8) is 0 Å². The Morgan fingerprint density at radius 2 is 1.57 bits per heavy atom. The summed E-state index contributed by atoms with van der Waals surface area (Å²) < 4.78 is 5.36. The van der Waals surface area contributed by atoms with Gasteiger partial charge in [0.15, 0.2) is 0 Å².